The molecule has 0 bridgehead atoms. The second kappa shape index (κ2) is 7.13. The summed E-state index contributed by atoms with van der Waals surface area (Å²) in [6.07, 6.45) is 0. The number of urea groups is 1. The molecule has 0 radical (unpaired) electrons. The molecule has 0 aliphatic carbocycles. The number of halogens is 2. The molecular formula is C19H15Cl2N3O5. The summed E-state index contributed by atoms with van der Waals surface area (Å²) >= 11 is 12.1. The molecule has 2 aromatic rings. The van der Waals surface area contributed by atoms with Gasteiger partial charge in [-0.2, -0.15) is 0 Å². The number of benzene rings is 2. The number of carbonyl (C=O) groups excluding carboxylic acids is 3. The van der Waals surface area contributed by atoms with Crippen molar-refractivity contribution in [3.63, 3.8) is 0 Å². The minimum absolute atomic E-state index is 0.112. The number of ether oxygens (including phenoxy) is 2. The van der Waals surface area contributed by atoms with Crippen molar-refractivity contribution in [1.82, 2.24) is 10.2 Å². The minimum atomic E-state index is -1.40. The fourth-order valence-corrected chi connectivity index (χ4v) is 3.83. The Kier molecular flexibility index (Phi) is 4.76. The second-order valence-corrected chi connectivity index (χ2v) is 7.53. The van der Waals surface area contributed by atoms with Gasteiger partial charge in [-0.25, -0.2) is 4.79 Å². The zero-order valence-electron chi connectivity index (χ0n) is 15.1. The molecule has 4 rings (SSSR count). The van der Waals surface area contributed by atoms with Gasteiger partial charge < -0.3 is 20.1 Å². The predicted octanol–water partition coefficient (Wildman–Crippen LogP) is 3.13. The Balaban J connectivity index is 1.49. The van der Waals surface area contributed by atoms with Gasteiger partial charge >= 0.3 is 6.03 Å². The molecule has 2 aliphatic rings. The van der Waals surface area contributed by atoms with Crippen LogP contribution in [0.1, 0.15) is 12.5 Å². The average molecular weight is 436 g/mol. The van der Waals surface area contributed by atoms with Gasteiger partial charge in [-0.3, -0.25) is 14.5 Å². The Labute approximate surface area is 175 Å². The third-order valence-electron chi connectivity index (χ3n) is 4.70. The Hall–Kier alpha value is -2.97. The van der Waals surface area contributed by atoms with E-state index in [2.05, 4.69) is 10.6 Å². The van der Waals surface area contributed by atoms with Gasteiger partial charge in [0.25, 0.3) is 5.91 Å². The maximum Gasteiger partial charge on any atom is 0.325 e. The van der Waals surface area contributed by atoms with E-state index < -0.39 is 29.9 Å². The van der Waals surface area contributed by atoms with Crippen molar-refractivity contribution in [2.45, 2.75) is 12.5 Å². The molecule has 10 heteroatoms. The zero-order valence-corrected chi connectivity index (χ0v) is 16.6. The monoisotopic (exact) mass is 435 g/mol. The number of nitrogens with one attached hydrogen (secondary N) is 2. The van der Waals surface area contributed by atoms with Crippen LogP contribution in [0.5, 0.6) is 11.5 Å². The smallest absolute Gasteiger partial charge is 0.325 e. The van der Waals surface area contributed by atoms with Crippen LogP contribution in [-0.4, -0.2) is 36.1 Å². The first-order valence-electron chi connectivity index (χ1n) is 8.57. The van der Waals surface area contributed by atoms with Crippen molar-refractivity contribution in [2.75, 3.05) is 18.7 Å². The largest absolute Gasteiger partial charge is 0.454 e. The lowest BCUT2D eigenvalue weighted by atomic mass is 9.92. The Morgan fingerprint density at radius 1 is 1.17 bits per heavy atom. The van der Waals surface area contributed by atoms with Crippen LogP contribution in [0.2, 0.25) is 10.0 Å². The van der Waals surface area contributed by atoms with Crippen LogP contribution in [0.15, 0.2) is 36.4 Å². The highest BCUT2D eigenvalue weighted by molar-refractivity contribution is 6.35. The normalized spacial score (nSPS) is 20.0. The average Bonchev–Trinajstić information content (AvgIpc) is 3.20. The van der Waals surface area contributed by atoms with Crippen molar-refractivity contribution in [2.24, 2.45) is 0 Å². The van der Waals surface area contributed by atoms with E-state index in [-0.39, 0.29) is 11.8 Å². The molecule has 0 spiro atoms. The van der Waals surface area contributed by atoms with Crippen LogP contribution in [0.3, 0.4) is 0 Å². The minimum Gasteiger partial charge on any atom is -0.454 e. The van der Waals surface area contributed by atoms with Gasteiger partial charge in [0.15, 0.2) is 11.5 Å². The van der Waals surface area contributed by atoms with Crippen LogP contribution in [0.4, 0.5) is 10.5 Å². The quantitative estimate of drug-likeness (QED) is 0.718. The maximum absolute atomic E-state index is 13.0. The Morgan fingerprint density at radius 3 is 2.69 bits per heavy atom. The zero-order chi connectivity index (χ0) is 20.8. The van der Waals surface area contributed by atoms with Gasteiger partial charge in [-0.05, 0) is 31.2 Å². The summed E-state index contributed by atoms with van der Waals surface area (Å²) in [5.74, 6) is -0.0539. The number of amides is 4. The topological polar surface area (TPSA) is 97.0 Å². The van der Waals surface area contributed by atoms with Crippen LogP contribution >= 0.6 is 23.2 Å². The summed E-state index contributed by atoms with van der Waals surface area (Å²) in [6.45, 7) is 1.18. The molecule has 1 atom stereocenters. The number of rotatable bonds is 4. The molecule has 8 nitrogen and oxygen atoms in total. The SMILES string of the molecule is CC1(c2ccc(Cl)cc2Cl)NC(=O)N(CC(=O)Nc2ccc3c(c2)OCO3)C1=O. The molecule has 2 N–H and O–H groups in total. The van der Waals surface area contributed by atoms with Gasteiger partial charge in [-0.1, -0.05) is 29.3 Å². The highest BCUT2D eigenvalue weighted by Crippen LogP contribution is 2.36. The van der Waals surface area contributed by atoms with E-state index in [1.165, 1.54) is 13.0 Å². The molecule has 1 saturated heterocycles. The Morgan fingerprint density at radius 2 is 1.93 bits per heavy atom. The lowest BCUT2D eigenvalue weighted by Gasteiger charge is -2.23. The Bertz CT molecular complexity index is 1040. The lowest BCUT2D eigenvalue weighted by Crippen LogP contribution is -2.42. The van der Waals surface area contributed by atoms with Gasteiger partial charge in [0.2, 0.25) is 12.7 Å². The molecule has 2 heterocycles. The molecule has 2 aliphatic heterocycles. The first kappa shape index (κ1) is 19.4. The maximum atomic E-state index is 13.0. The van der Waals surface area contributed by atoms with Crippen LogP contribution in [0.25, 0.3) is 0 Å². The molecule has 1 unspecified atom stereocenters. The van der Waals surface area contributed by atoms with Gasteiger partial charge in [0, 0.05) is 27.4 Å². The van der Waals surface area contributed by atoms with Crippen molar-refractivity contribution >= 4 is 46.7 Å². The van der Waals surface area contributed by atoms with Gasteiger partial charge in [0.05, 0.1) is 0 Å². The van der Waals surface area contributed by atoms with Crippen molar-refractivity contribution in [1.29, 1.82) is 0 Å². The molecule has 1 fully saturated rings. The van der Waals surface area contributed by atoms with Crippen molar-refractivity contribution in [3.8, 4) is 11.5 Å². The van der Waals surface area contributed by atoms with Crippen molar-refractivity contribution < 1.29 is 23.9 Å². The van der Waals surface area contributed by atoms with E-state index in [1.807, 2.05) is 0 Å². The summed E-state index contributed by atoms with van der Waals surface area (Å²) in [4.78, 5) is 38.6. The summed E-state index contributed by atoms with van der Waals surface area (Å²) < 4.78 is 10.5. The van der Waals surface area contributed by atoms with Crippen LogP contribution in [-0.2, 0) is 15.1 Å². The fourth-order valence-electron chi connectivity index (χ4n) is 3.24. The number of carbonyl (C=O) groups is 3. The van der Waals surface area contributed by atoms with Crippen LogP contribution < -0.4 is 20.1 Å². The summed E-state index contributed by atoms with van der Waals surface area (Å²) in [6, 6.07) is 8.83. The number of imide groups is 1. The summed E-state index contributed by atoms with van der Waals surface area (Å²) in [5, 5.41) is 5.88. The molecule has 2 aromatic carbocycles. The molecular weight excluding hydrogens is 421 g/mol. The second-order valence-electron chi connectivity index (χ2n) is 6.69. The molecule has 4 amide bonds. The van der Waals surface area contributed by atoms with E-state index in [0.29, 0.717) is 27.8 Å². The summed E-state index contributed by atoms with van der Waals surface area (Å²) in [5.41, 5.74) is -0.562. The first-order chi connectivity index (χ1) is 13.8. The number of nitrogens with zero attached hydrogens (tertiary/aromatic N) is 1. The first-order valence-corrected chi connectivity index (χ1v) is 9.32. The van der Waals surface area contributed by atoms with Crippen molar-refractivity contribution in [3.05, 3.63) is 52.0 Å². The fraction of sp³-hybridized carbons (Fsp3) is 0.211. The third kappa shape index (κ3) is 3.45. The third-order valence-corrected chi connectivity index (χ3v) is 5.25. The molecule has 150 valence electrons. The van der Waals surface area contributed by atoms with E-state index >= 15 is 0 Å². The number of fused-ring (bicyclic) bond motifs is 1. The summed E-state index contributed by atoms with van der Waals surface area (Å²) in [7, 11) is 0. The highest BCUT2D eigenvalue weighted by atomic mass is 35.5. The number of anilines is 1. The lowest BCUT2D eigenvalue weighted by molar-refractivity contribution is -0.133. The predicted molar refractivity (Wildman–Crippen MR) is 105 cm³/mol. The van der Waals surface area contributed by atoms with E-state index in [4.69, 9.17) is 32.7 Å². The number of hydrogen-bond acceptors (Lipinski definition) is 5. The van der Waals surface area contributed by atoms with E-state index in [1.54, 1.807) is 30.3 Å². The van der Waals surface area contributed by atoms with Gasteiger partial charge in [-0.15, -0.1) is 0 Å². The van der Waals surface area contributed by atoms with Crippen LogP contribution in [0, 0.1) is 0 Å². The standard InChI is InChI=1S/C19H15Cl2N3O5/c1-19(12-4-2-10(20)6-13(12)21)17(26)24(18(27)23-19)8-16(25)22-11-3-5-14-15(7-11)29-9-28-14/h2-7H,8-9H2,1H3,(H,22,25)(H,23,27). The molecule has 29 heavy (non-hydrogen) atoms. The van der Waals surface area contributed by atoms with E-state index in [0.717, 1.165) is 4.90 Å². The molecule has 0 saturated carbocycles. The number of hydrogen-bond donors (Lipinski definition) is 2. The highest BCUT2D eigenvalue weighted by Gasteiger charge is 2.50. The molecule has 0 aromatic heterocycles. The van der Waals surface area contributed by atoms with Gasteiger partial charge in [0.1, 0.15) is 12.1 Å². The van der Waals surface area contributed by atoms with E-state index in [9.17, 15) is 14.4 Å².